The number of nitrogens with one attached hydrogen (secondary N) is 1. The number of hydrogen-bond acceptors (Lipinski definition) is 5. The predicted octanol–water partition coefficient (Wildman–Crippen LogP) is 0.333. The minimum atomic E-state index is 0.570. The lowest BCUT2D eigenvalue weighted by molar-refractivity contribution is 0.392. The molecule has 0 radical (unpaired) electrons. The fourth-order valence-corrected chi connectivity index (χ4v) is 1.02. The Morgan fingerprint density at radius 1 is 1.58 bits per heavy atom. The Kier molecular flexibility index (Phi) is 2.82. The van der Waals surface area contributed by atoms with Crippen LogP contribution in [-0.4, -0.2) is 17.1 Å². The van der Waals surface area contributed by atoms with E-state index in [2.05, 4.69) is 15.4 Å². The van der Waals surface area contributed by atoms with Crippen molar-refractivity contribution in [2.45, 2.75) is 13.3 Å². The molecule has 1 aromatic heterocycles. The normalized spacial score (nSPS) is 9.58. The summed E-state index contributed by atoms with van der Waals surface area (Å²) in [7, 11) is 1.57. The summed E-state index contributed by atoms with van der Waals surface area (Å²) in [5.41, 5.74) is 3.38. The molecule has 0 fully saturated rings. The average Bonchev–Trinajstić information content (AvgIpc) is 2.16. The van der Waals surface area contributed by atoms with E-state index in [0.717, 1.165) is 12.0 Å². The highest BCUT2D eigenvalue weighted by Crippen LogP contribution is 2.20. The third-order valence-corrected chi connectivity index (χ3v) is 1.59. The molecule has 0 aromatic carbocycles. The van der Waals surface area contributed by atoms with E-state index in [1.54, 1.807) is 7.11 Å². The van der Waals surface area contributed by atoms with Crippen molar-refractivity contribution in [3.63, 3.8) is 0 Å². The quantitative estimate of drug-likeness (QED) is 0.502. The maximum Gasteiger partial charge on any atom is 0.221 e. The highest BCUT2D eigenvalue weighted by atomic mass is 16.5. The van der Waals surface area contributed by atoms with Crippen LogP contribution in [0.4, 0.5) is 5.82 Å². The third-order valence-electron chi connectivity index (χ3n) is 1.59. The van der Waals surface area contributed by atoms with Gasteiger partial charge in [-0.05, 0) is 6.42 Å². The molecule has 66 valence electrons. The standard InChI is InChI=1S/C7H12N4O/c1-3-5-6(11-8)9-4-10-7(5)12-2/h4H,3,8H2,1-2H3,(H,9,10,11). The molecule has 0 bridgehead atoms. The second-order valence-electron chi connectivity index (χ2n) is 2.21. The van der Waals surface area contributed by atoms with Crippen molar-refractivity contribution in [3.8, 4) is 5.88 Å². The zero-order valence-corrected chi connectivity index (χ0v) is 7.16. The summed E-state index contributed by atoms with van der Waals surface area (Å²) in [6.45, 7) is 1.99. The van der Waals surface area contributed by atoms with E-state index < -0.39 is 0 Å². The van der Waals surface area contributed by atoms with Crippen LogP contribution >= 0.6 is 0 Å². The summed E-state index contributed by atoms with van der Waals surface area (Å²) in [5.74, 6) is 6.44. The first-order valence-electron chi connectivity index (χ1n) is 3.68. The molecule has 1 aromatic rings. The molecule has 5 nitrogen and oxygen atoms in total. The van der Waals surface area contributed by atoms with Crippen molar-refractivity contribution in [1.29, 1.82) is 0 Å². The lowest BCUT2D eigenvalue weighted by atomic mass is 10.2. The maximum absolute atomic E-state index is 5.25. The van der Waals surface area contributed by atoms with Gasteiger partial charge in [-0.3, -0.25) is 0 Å². The van der Waals surface area contributed by atoms with E-state index in [1.807, 2.05) is 6.92 Å². The third kappa shape index (κ3) is 1.45. The second-order valence-corrected chi connectivity index (χ2v) is 2.21. The van der Waals surface area contributed by atoms with E-state index in [4.69, 9.17) is 10.6 Å². The van der Waals surface area contributed by atoms with Crippen LogP contribution in [0.1, 0.15) is 12.5 Å². The number of hydrogen-bond donors (Lipinski definition) is 2. The van der Waals surface area contributed by atoms with Crippen LogP contribution in [0.5, 0.6) is 5.88 Å². The summed E-state index contributed by atoms with van der Waals surface area (Å²) in [4.78, 5) is 7.90. The number of methoxy groups -OCH3 is 1. The summed E-state index contributed by atoms with van der Waals surface area (Å²) in [6, 6.07) is 0. The van der Waals surface area contributed by atoms with E-state index in [-0.39, 0.29) is 0 Å². The SMILES string of the molecule is CCc1c(NN)ncnc1OC. The Morgan fingerprint density at radius 3 is 2.83 bits per heavy atom. The number of nitrogens with two attached hydrogens (primary N) is 1. The van der Waals surface area contributed by atoms with Gasteiger partial charge in [-0.25, -0.2) is 15.8 Å². The summed E-state index contributed by atoms with van der Waals surface area (Å²) in [6.07, 6.45) is 2.19. The Hall–Kier alpha value is -1.36. The lowest BCUT2D eigenvalue weighted by Gasteiger charge is -2.08. The fourth-order valence-electron chi connectivity index (χ4n) is 1.02. The maximum atomic E-state index is 5.25. The molecule has 0 aliphatic heterocycles. The predicted molar refractivity (Wildman–Crippen MR) is 45.8 cm³/mol. The van der Waals surface area contributed by atoms with E-state index in [1.165, 1.54) is 6.33 Å². The van der Waals surface area contributed by atoms with Crippen molar-refractivity contribution in [3.05, 3.63) is 11.9 Å². The number of ether oxygens (including phenoxy) is 1. The largest absolute Gasteiger partial charge is 0.481 e. The summed E-state index contributed by atoms with van der Waals surface area (Å²) in [5, 5.41) is 0. The molecule has 0 aliphatic carbocycles. The zero-order chi connectivity index (χ0) is 8.97. The number of nitrogens with zero attached hydrogens (tertiary/aromatic N) is 2. The van der Waals surface area contributed by atoms with Gasteiger partial charge in [0, 0.05) is 0 Å². The van der Waals surface area contributed by atoms with Gasteiger partial charge >= 0.3 is 0 Å². The van der Waals surface area contributed by atoms with Crippen LogP contribution in [-0.2, 0) is 6.42 Å². The molecule has 3 N–H and O–H groups in total. The molecule has 1 rings (SSSR count). The molecule has 5 heteroatoms. The number of anilines is 1. The molecule has 0 spiro atoms. The minimum Gasteiger partial charge on any atom is -0.481 e. The van der Waals surface area contributed by atoms with Crippen molar-refractivity contribution in [2.24, 2.45) is 5.84 Å². The van der Waals surface area contributed by atoms with Crippen molar-refractivity contribution >= 4 is 5.82 Å². The van der Waals surface area contributed by atoms with Gasteiger partial charge in [0.1, 0.15) is 12.1 Å². The van der Waals surface area contributed by atoms with Gasteiger partial charge in [0.05, 0.1) is 12.7 Å². The Morgan fingerprint density at radius 2 is 2.33 bits per heavy atom. The molecule has 0 amide bonds. The second kappa shape index (κ2) is 3.87. The number of rotatable bonds is 3. The van der Waals surface area contributed by atoms with Gasteiger partial charge in [0.15, 0.2) is 0 Å². The number of aromatic nitrogens is 2. The van der Waals surface area contributed by atoms with Crippen molar-refractivity contribution < 1.29 is 4.74 Å². The summed E-state index contributed by atoms with van der Waals surface area (Å²) < 4.78 is 5.03. The lowest BCUT2D eigenvalue weighted by Crippen LogP contribution is -2.12. The van der Waals surface area contributed by atoms with Crippen LogP contribution in [0, 0.1) is 0 Å². The molecular formula is C7H12N4O. The van der Waals surface area contributed by atoms with Crippen LogP contribution < -0.4 is 16.0 Å². The van der Waals surface area contributed by atoms with E-state index in [0.29, 0.717) is 11.7 Å². The molecule has 0 aliphatic rings. The van der Waals surface area contributed by atoms with E-state index >= 15 is 0 Å². The number of nitrogen functional groups attached to an aromatic ring is 1. The highest BCUT2D eigenvalue weighted by molar-refractivity contribution is 5.47. The average molecular weight is 168 g/mol. The van der Waals surface area contributed by atoms with Crippen LogP contribution in [0.25, 0.3) is 0 Å². The topological polar surface area (TPSA) is 73.1 Å². The Labute approximate surface area is 70.9 Å². The molecule has 12 heavy (non-hydrogen) atoms. The minimum absolute atomic E-state index is 0.570. The van der Waals surface area contributed by atoms with Gasteiger partial charge in [-0.2, -0.15) is 0 Å². The van der Waals surface area contributed by atoms with Crippen LogP contribution in [0.15, 0.2) is 6.33 Å². The molecule has 0 saturated carbocycles. The summed E-state index contributed by atoms with van der Waals surface area (Å²) >= 11 is 0. The molecular weight excluding hydrogens is 156 g/mol. The van der Waals surface area contributed by atoms with Gasteiger partial charge in [-0.15, -0.1) is 0 Å². The molecule has 1 heterocycles. The monoisotopic (exact) mass is 168 g/mol. The fraction of sp³-hybridized carbons (Fsp3) is 0.429. The zero-order valence-electron chi connectivity index (χ0n) is 7.16. The van der Waals surface area contributed by atoms with Crippen LogP contribution in [0.3, 0.4) is 0 Å². The smallest absolute Gasteiger partial charge is 0.221 e. The Balaban J connectivity index is 3.13. The van der Waals surface area contributed by atoms with E-state index in [9.17, 15) is 0 Å². The first kappa shape index (κ1) is 8.73. The van der Waals surface area contributed by atoms with Gasteiger partial charge in [0.2, 0.25) is 5.88 Å². The molecule has 0 unspecified atom stereocenters. The van der Waals surface area contributed by atoms with Gasteiger partial charge in [0.25, 0.3) is 0 Å². The first-order chi connectivity index (χ1) is 5.83. The van der Waals surface area contributed by atoms with Crippen molar-refractivity contribution in [1.82, 2.24) is 9.97 Å². The first-order valence-corrected chi connectivity index (χ1v) is 3.68. The van der Waals surface area contributed by atoms with Gasteiger partial charge < -0.3 is 10.2 Å². The van der Waals surface area contributed by atoms with Crippen LogP contribution in [0.2, 0.25) is 0 Å². The van der Waals surface area contributed by atoms with Gasteiger partial charge in [-0.1, -0.05) is 6.92 Å². The molecule has 0 atom stereocenters. The van der Waals surface area contributed by atoms with Crippen molar-refractivity contribution in [2.75, 3.05) is 12.5 Å². The molecule has 0 saturated heterocycles. The highest BCUT2D eigenvalue weighted by Gasteiger charge is 2.07. The Bertz CT molecular complexity index is 241. The number of hydrazine groups is 1.